The molecule has 1 amide bonds. The van der Waals surface area contributed by atoms with Crippen molar-refractivity contribution in [2.45, 2.75) is 45.1 Å². The molecule has 0 saturated carbocycles. The highest BCUT2D eigenvalue weighted by molar-refractivity contribution is 5.95. The van der Waals surface area contributed by atoms with Crippen molar-refractivity contribution in [3.05, 3.63) is 54.1 Å². The number of piperidine rings is 1. The molecule has 28 heavy (non-hydrogen) atoms. The second-order valence-corrected chi connectivity index (χ2v) is 7.32. The van der Waals surface area contributed by atoms with Gasteiger partial charge in [-0.15, -0.1) is 0 Å². The number of carbonyl (C=O) groups excluding carboxylic acids is 1. The van der Waals surface area contributed by atoms with Crippen LogP contribution in [0.15, 0.2) is 48.5 Å². The monoisotopic (exact) mass is 381 g/mol. The summed E-state index contributed by atoms with van der Waals surface area (Å²) < 4.78 is 10.8. The highest BCUT2D eigenvalue weighted by Gasteiger charge is 2.27. The SMILES string of the molecule is CCOc1cccc(-c2cccc(C(=O)N3CCCC[C@H]3CCCOC)c2)c1. The van der Waals surface area contributed by atoms with Crippen LogP contribution in [0.2, 0.25) is 0 Å². The van der Waals surface area contributed by atoms with Crippen LogP contribution < -0.4 is 4.74 Å². The van der Waals surface area contributed by atoms with Gasteiger partial charge in [-0.05, 0) is 74.4 Å². The first kappa shape index (κ1) is 20.4. The Hall–Kier alpha value is -2.33. The van der Waals surface area contributed by atoms with Crippen LogP contribution in [-0.4, -0.2) is 43.7 Å². The molecule has 1 aliphatic rings. The third-order valence-corrected chi connectivity index (χ3v) is 5.36. The van der Waals surface area contributed by atoms with E-state index >= 15 is 0 Å². The van der Waals surface area contributed by atoms with Crippen molar-refractivity contribution in [2.75, 3.05) is 26.9 Å². The molecule has 1 fully saturated rings. The van der Waals surface area contributed by atoms with E-state index in [2.05, 4.69) is 11.0 Å². The Morgan fingerprint density at radius 2 is 1.89 bits per heavy atom. The molecule has 150 valence electrons. The third kappa shape index (κ3) is 5.14. The van der Waals surface area contributed by atoms with Crippen LogP contribution in [0.1, 0.15) is 49.4 Å². The number of methoxy groups -OCH3 is 1. The van der Waals surface area contributed by atoms with Crippen LogP contribution in [0.5, 0.6) is 5.75 Å². The second-order valence-electron chi connectivity index (χ2n) is 7.32. The molecule has 1 saturated heterocycles. The normalized spacial score (nSPS) is 16.8. The van der Waals surface area contributed by atoms with Crippen LogP contribution in [-0.2, 0) is 4.74 Å². The molecule has 4 nitrogen and oxygen atoms in total. The number of rotatable bonds is 8. The highest BCUT2D eigenvalue weighted by Crippen LogP contribution is 2.27. The molecule has 1 aliphatic heterocycles. The van der Waals surface area contributed by atoms with E-state index in [1.807, 2.05) is 49.4 Å². The highest BCUT2D eigenvalue weighted by atomic mass is 16.5. The van der Waals surface area contributed by atoms with E-state index < -0.39 is 0 Å². The van der Waals surface area contributed by atoms with Crippen molar-refractivity contribution in [3.8, 4) is 16.9 Å². The van der Waals surface area contributed by atoms with E-state index in [9.17, 15) is 4.79 Å². The molecule has 2 aromatic rings. The van der Waals surface area contributed by atoms with Gasteiger partial charge in [0.1, 0.15) is 5.75 Å². The zero-order valence-corrected chi connectivity index (χ0v) is 17.0. The summed E-state index contributed by atoms with van der Waals surface area (Å²) >= 11 is 0. The summed E-state index contributed by atoms with van der Waals surface area (Å²) in [6.45, 7) is 4.22. The molecule has 0 N–H and O–H groups in total. The number of ether oxygens (including phenoxy) is 2. The van der Waals surface area contributed by atoms with Gasteiger partial charge in [-0.1, -0.05) is 24.3 Å². The van der Waals surface area contributed by atoms with Gasteiger partial charge in [-0.3, -0.25) is 4.79 Å². The number of amides is 1. The van der Waals surface area contributed by atoms with E-state index in [4.69, 9.17) is 9.47 Å². The van der Waals surface area contributed by atoms with Crippen molar-refractivity contribution in [1.82, 2.24) is 4.90 Å². The average molecular weight is 382 g/mol. The number of carbonyl (C=O) groups is 1. The summed E-state index contributed by atoms with van der Waals surface area (Å²) in [6.07, 6.45) is 5.38. The largest absolute Gasteiger partial charge is 0.494 e. The summed E-state index contributed by atoms with van der Waals surface area (Å²) in [4.78, 5) is 15.3. The summed E-state index contributed by atoms with van der Waals surface area (Å²) in [5, 5.41) is 0. The minimum absolute atomic E-state index is 0.143. The Morgan fingerprint density at radius 1 is 1.11 bits per heavy atom. The number of benzene rings is 2. The maximum atomic E-state index is 13.3. The van der Waals surface area contributed by atoms with Crippen molar-refractivity contribution < 1.29 is 14.3 Å². The van der Waals surface area contributed by atoms with Gasteiger partial charge in [0.05, 0.1) is 6.61 Å². The van der Waals surface area contributed by atoms with Gasteiger partial charge >= 0.3 is 0 Å². The summed E-state index contributed by atoms with van der Waals surface area (Å²) in [5.74, 6) is 0.996. The molecule has 2 aromatic carbocycles. The first-order chi connectivity index (χ1) is 13.7. The molecular formula is C24H31NO3. The molecule has 0 radical (unpaired) electrons. The lowest BCUT2D eigenvalue weighted by Gasteiger charge is -2.36. The summed E-state index contributed by atoms with van der Waals surface area (Å²) in [7, 11) is 1.73. The van der Waals surface area contributed by atoms with Gasteiger partial charge in [-0.25, -0.2) is 0 Å². The molecule has 0 unspecified atom stereocenters. The minimum Gasteiger partial charge on any atom is -0.494 e. The van der Waals surface area contributed by atoms with E-state index in [0.29, 0.717) is 12.6 Å². The Kier molecular flexibility index (Phi) is 7.49. The van der Waals surface area contributed by atoms with Gasteiger partial charge in [0.2, 0.25) is 0 Å². The summed E-state index contributed by atoms with van der Waals surface area (Å²) in [6, 6.07) is 16.3. The number of nitrogens with zero attached hydrogens (tertiary/aromatic N) is 1. The average Bonchev–Trinajstić information content (AvgIpc) is 2.74. The van der Waals surface area contributed by atoms with Gasteiger partial charge in [0, 0.05) is 31.9 Å². The van der Waals surface area contributed by atoms with Crippen LogP contribution in [0.25, 0.3) is 11.1 Å². The fraction of sp³-hybridized carbons (Fsp3) is 0.458. The Bertz CT molecular complexity index is 774. The zero-order chi connectivity index (χ0) is 19.8. The first-order valence-electron chi connectivity index (χ1n) is 10.4. The molecule has 0 spiro atoms. The van der Waals surface area contributed by atoms with Crippen LogP contribution in [0.3, 0.4) is 0 Å². The summed E-state index contributed by atoms with van der Waals surface area (Å²) in [5.41, 5.74) is 2.87. The topological polar surface area (TPSA) is 38.8 Å². The molecular weight excluding hydrogens is 350 g/mol. The molecule has 0 aliphatic carbocycles. The predicted octanol–water partition coefficient (Wildman–Crippen LogP) is 5.17. The fourth-order valence-corrected chi connectivity index (χ4v) is 3.96. The first-order valence-corrected chi connectivity index (χ1v) is 10.4. The van der Waals surface area contributed by atoms with Crippen LogP contribution in [0.4, 0.5) is 0 Å². The van der Waals surface area contributed by atoms with E-state index in [1.54, 1.807) is 7.11 Å². The van der Waals surface area contributed by atoms with Gasteiger partial charge < -0.3 is 14.4 Å². The van der Waals surface area contributed by atoms with Gasteiger partial charge in [0.25, 0.3) is 5.91 Å². The number of hydrogen-bond donors (Lipinski definition) is 0. The maximum absolute atomic E-state index is 13.3. The molecule has 3 rings (SSSR count). The fourth-order valence-electron chi connectivity index (χ4n) is 3.96. The maximum Gasteiger partial charge on any atom is 0.254 e. The number of likely N-dealkylation sites (tertiary alicyclic amines) is 1. The van der Waals surface area contributed by atoms with Crippen molar-refractivity contribution in [3.63, 3.8) is 0 Å². The van der Waals surface area contributed by atoms with Crippen LogP contribution >= 0.6 is 0 Å². The lowest BCUT2D eigenvalue weighted by molar-refractivity contribution is 0.0585. The molecule has 0 bridgehead atoms. The van der Waals surface area contributed by atoms with Crippen molar-refractivity contribution in [1.29, 1.82) is 0 Å². The Labute approximate surface area is 168 Å². The zero-order valence-electron chi connectivity index (χ0n) is 17.0. The second kappa shape index (κ2) is 10.3. The van der Waals surface area contributed by atoms with E-state index in [1.165, 1.54) is 6.42 Å². The molecule has 1 heterocycles. The molecule has 1 atom stereocenters. The van der Waals surface area contributed by atoms with E-state index in [0.717, 1.165) is 61.3 Å². The van der Waals surface area contributed by atoms with Gasteiger partial charge in [0.15, 0.2) is 0 Å². The van der Waals surface area contributed by atoms with Crippen LogP contribution in [0, 0.1) is 0 Å². The predicted molar refractivity (Wildman–Crippen MR) is 113 cm³/mol. The quantitative estimate of drug-likeness (QED) is 0.592. The van der Waals surface area contributed by atoms with Crippen molar-refractivity contribution in [2.24, 2.45) is 0 Å². The van der Waals surface area contributed by atoms with E-state index in [-0.39, 0.29) is 5.91 Å². The Balaban J connectivity index is 1.78. The lowest BCUT2D eigenvalue weighted by atomic mass is 9.96. The lowest BCUT2D eigenvalue weighted by Crippen LogP contribution is -2.43. The third-order valence-electron chi connectivity index (χ3n) is 5.36. The molecule has 0 aromatic heterocycles. The smallest absolute Gasteiger partial charge is 0.254 e. The van der Waals surface area contributed by atoms with Crippen molar-refractivity contribution >= 4 is 5.91 Å². The Morgan fingerprint density at radius 3 is 2.68 bits per heavy atom. The standard InChI is InChI=1S/C24H31NO3/c1-3-28-23-14-7-10-20(18-23)19-9-6-11-21(17-19)24(26)25-15-5-4-12-22(25)13-8-16-27-2/h6-7,9-11,14,17-18,22H,3-5,8,12-13,15-16H2,1-2H3/t22-/m0/s1. The molecule has 4 heteroatoms. The minimum atomic E-state index is 0.143. The van der Waals surface area contributed by atoms with Gasteiger partial charge in [-0.2, -0.15) is 0 Å². The number of hydrogen-bond acceptors (Lipinski definition) is 3.